The van der Waals surface area contributed by atoms with Gasteiger partial charge in [-0.05, 0) is 51.2 Å². The molecule has 0 aliphatic heterocycles. The van der Waals surface area contributed by atoms with Crippen LogP contribution >= 0.6 is 0 Å². The van der Waals surface area contributed by atoms with E-state index in [0.717, 1.165) is 18.9 Å². The summed E-state index contributed by atoms with van der Waals surface area (Å²) in [5.41, 5.74) is -0.249. The van der Waals surface area contributed by atoms with Crippen molar-refractivity contribution in [1.82, 2.24) is 9.71 Å². The Hall–Kier alpha value is -0.950. The number of rotatable bonds is 4. The number of halogens is 3. The lowest BCUT2D eigenvalue weighted by molar-refractivity contribution is -0.141. The summed E-state index contributed by atoms with van der Waals surface area (Å²) in [5.74, 6) is 0.315. The highest BCUT2D eigenvalue weighted by molar-refractivity contribution is 7.84. The monoisotopic (exact) mass is 320 g/mol. The molecule has 2 rings (SSSR count). The minimum atomic E-state index is -4.44. The molecule has 2 unspecified atom stereocenters. The Labute approximate surface area is 124 Å². The van der Waals surface area contributed by atoms with Gasteiger partial charge in [0, 0.05) is 12.2 Å². The number of hydrogen-bond acceptors (Lipinski definition) is 2. The molecule has 1 fully saturated rings. The number of aromatic nitrogens is 1. The van der Waals surface area contributed by atoms with Crippen molar-refractivity contribution in [3.8, 4) is 0 Å². The molecule has 1 heterocycles. The van der Waals surface area contributed by atoms with Gasteiger partial charge >= 0.3 is 6.18 Å². The van der Waals surface area contributed by atoms with E-state index in [1.165, 1.54) is 12.3 Å². The number of hydrogen-bond donors (Lipinski definition) is 1. The van der Waals surface area contributed by atoms with Gasteiger partial charge in [-0.15, -0.1) is 0 Å². The zero-order valence-electron chi connectivity index (χ0n) is 12.2. The lowest BCUT2D eigenvalue weighted by Crippen LogP contribution is -2.36. The second-order valence-corrected chi connectivity index (χ2v) is 8.29. The van der Waals surface area contributed by atoms with Gasteiger partial charge in [0.1, 0.15) is 5.69 Å². The van der Waals surface area contributed by atoms with Crippen LogP contribution in [-0.2, 0) is 17.2 Å². The van der Waals surface area contributed by atoms with Crippen LogP contribution in [0.15, 0.2) is 18.3 Å². The molecule has 1 aliphatic carbocycles. The van der Waals surface area contributed by atoms with Gasteiger partial charge < -0.3 is 0 Å². The van der Waals surface area contributed by atoms with Crippen LogP contribution in [0.4, 0.5) is 13.2 Å². The molecule has 21 heavy (non-hydrogen) atoms. The van der Waals surface area contributed by atoms with E-state index < -0.39 is 27.6 Å². The predicted molar refractivity (Wildman–Crippen MR) is 75.7 cm³/mol. The molecule has 118 valence electrons. The van der Waals surface area contributed by atoms with E-state index in [1.54, 1.807) is 0 Å². The van der Waals surface area contributed by atoms with E-state index in [4.69, 9.17) is 0 Å². The molecule has 2 atom stereocenters. The lowest BCUT2D eigenvalue weighted by atomic mass is 10.1. The first-order valence-corrected chi connectivity index (χ1v) is 7.95. The normalized spacial score (nSPS) is 19.3. The van der Waals surface area contributed by atoms with Crippen LogP contribution in [0, 0.1) is 5.92 Å². The highest BCUT2D eigenvalue weighted by Crippen LogP contribution is 2.41. The van der Waals surface area contributed by atoms with Gasteiger partial charge in [-0.1, -0.05) is 6.07 Å². The predicted octanol–water partition coefficient (Wildman–Crippen LogP) is 3.60. The molecule has 0 spiro atoms. The lowest BCUT2D eigenvalue weighted by Gasteiger charge is -2.24. The molecular formula is C14H19F3N2OS. The Morgan fingerprint density at radius 2 is 1.90 bits per heavy atom. The van der Waals surface area contributed by atoms with E-state index in [-0.39, 0.29) is 6.04 Å². The van der Waals surface area contributed by atoms with Crippen LogP contribution in [0.5, 0.6) is 0 Å². The summed E-state index contributed by atoms with van der Waals surface area (Å²) in [4.78, 5) is 3.49. The Balaban J connectivity index is 2.18. The summed E-state index contributed by atoms with van der Waals surface area (Å²) in [6.07, 6.45) is -1.23. The van der Waals surface area contributed by atoms with E-state index >= 15 is 0 Å². The average molecular weight is 320 g/mol. The van der Waals surface area contributed by atoms with Crippen molar-refractivity contribution in [3.05, 3.63) is 29.6 Å². The Morgan fingerprint density at radius 3 is 2.29 bits per heavy atom. The van der Waals surface area contributed by atoms with Gasteiger partial charge in [0.2, 0.25) is 0 Å². The smallest absolute Gasteiger partial charge is 0.251 e. The van der Waals surface area contributed by atoms with Crippen molar-refractivity contribution in [1.29, 1.82) is 0 Å². The minimum Gasteiger partial charge on any atom is -0.251 e. The van der Waals surface area contributed by atoms with Crippen LogP contribution < -0.4 is 4.72 Å². The van der Waals surface area contributed by atoms with Crippen molar-refractivity contribution >= 4 is 11.0 Å². The summed E-state index contributed by atoms with van der Waals surface area (Å²) in [7, 11) is -1.27. The molecule has 1 aromatic heterocycles. The molecular weight excluding hydrogens is 301 g/mol. The molecule has 0 bridgehead atoms. The highest BCUT2D eigenvalue weighted by atomic mass is 32.2. The number of nitrogens with one attached hydrogen (secondary N) is 1. The van der Waals surface area contributed by atoms with Crippen LogP contribution in [0.1, 0.15) is 50.9 Å². The van der Waals surface area contributed by atoms with Crippen molar-refractivity contribution < 1.29 is 17.4 Å². The van der Waals surface area contributed by atoms with Gasteiger partial charge in [-0.25, -0.2) is 8.93 Å². The molecule has 0 saturated heterocycles. The van der Waals surface area contributed by atoms with Gasteiger partial charge in [0.15, 0.2) is 0 Å². The van der Waals surface area contributed by atoms with E-state index in [2.05, 4.69) is 9.71 Å². The third-order valence-electron chi connectivity index (χ3n) is 3.32. The zero-order valence-corrected chi connectivity index (χ0v) is 13.0. The Morgan fingerprint density at radius 1 is 1.29 bits per heavy atom. The standard InChI is InChI=1S/C14H19F3N2OS/c1-13(2,3)21(20)19-12(9-4-5-9)10-6-7-11(18-8-10)14(15,16)17/h6-9,12,19H,4-5H2,1-3H3. The average Bonchev–Trinajstić information content (AvgIpc) is 3.17. The maximum atomic E-state index is 12.5. The molecule has 1 N–H and O–H groups in total. The van der Waals surface area contributed by atoms with E-state index in [9.17, 15) is 17.4 Å². The van der Waals surface area contributed by atoms with Crippen LogP contribution in [0.25, 0.3) is 0 Å². The molecule has 1 aliphatic rings. The second kappa shape index (κ2) is 5.68. The van der Waals surface area contributed by atoms with Crippen molar-refractivity contribution in [2.75, 3.05) is 0 Å². The first-order chi connectivity index (χ1) is 9.59. The third kappa shape index (κ3) is 4.26. The Bertz CT molecular complexity index is 519. The summed E-state index contributed by atoms with van der Waals surface area (Å²) >= 11 is 0. The molecule has 0 aromatic carbocycles. The summed E-state index contributed by atoms with van der Waals surface area (Å²) in [6.45, 7) is 5.56. The molecule has 1 saturated carbocycles. The summed E-state index contributed by atoms with van der Waals surface area (Å²) in [5, 5.41) is 0. The molecule has 0 radical (unpaired) electrons. The molecule has 3 nitrogen and oxygen atoms in total. The van der Waals surface area contributed by atoms with Crippen LogP contribution in [-0.4, -0.2) is 13.9 Å². The maximum Gasteiger partial charge on any atom is 0.433 e. The fourth-order valence-electron chi connectivity index (χ4n) is 1.92. The van der Waals surface area contributed by atoms with E-state index in [0.29, 0.717) is 11.5 Å². The zero-order chi connectivity index (χ0) is 15.8. The maximum absolute atomic E-state index is 12.5. The fraction of sp³-hybridized carbons (Fsp3) is 0.643. The van der Waals surface area contributed by atoms with Crippen molar-refractivity contribution in [2.45, 2.75) is 50.6 Å². The third-order valence-corrected chi connectivity index (χ3v) is 4.90. The fourth-order valence-corrected chi connectivity index (χ4v) is 2.83. The Kier molecular flexibility index (Phi) is 4.44. The van der Waals surface area contributed by atoms with Crippen LogP contribution in [0.3, 0.4) is 0 Å². The topological polar surface area (TPSA) is 42.0 Å². The highest BCUT2D eigenvalue weighted by Gasteiger charge is 2.37. The first-order valence-electron chi connectivity index (χ1n) is 6.80. The van der Waals surface area contributed by atoms with Crippen molar-refractivity contribution in [2.24, 2.45) is 5.92 Å². The molecule has 7 heteroatoms. The molecule has 1 aromatic rings. The summed E-state index contributed by atoms with van der Waals surface area (Å²) < 4.78 is 52.4. The SMILES string of the molecule is CC(C)(C)S(=O)NC(c1ccc(C(F)(F)F)nc1)C1CC1. The molecule has 0 amide bonds. The second-order valence-electron chi connectivity index (χ2n) is 6.29. The van der Waals surface area contributed by atoms with Crippen molar-refractivity contribution in [3.63, 3.8) is 0 Å². The quantitative estimate of drug-likeness (QED) is 0.921. The van der Waals surface area contributed by atoms with Gasteiger partial charge in [0.05, 0.1) is 15.7 Å². The number of alkyl halides is 3. The first kappa shape index (κ1) is 16.4. The summed E-state index contributed by atoms with van der Waals surface area (Å²) in [6, 6.07) is 2.19. The van der Waals surface area contributed by atoms with Gasteiger partial charge in [0.25, 0.3) is 0 Å². The van der Waals surface area contributed by atoms with Gasteiger partial charge in [-0.2, -0.15) is 13.2 Å². The van der Waals surface area contributed by atoms with Gasteiger partial charge in [-0.3, -0.25) is 4.98 Å². The van der Waals surface area contributed by atoms with Crippen LogP contribution in [0.2, 0.25) is 0 Å². The van der Waals surface area contributed by atoms with E-state index in [1.807, 2.05) is 20.8 Å². The minimum absolute atomic E-state index is 0.208. The number of nitrogens with zero attached hydrogens (tertiary/aromatic N) is 1. The number of pyridine rings is 1. The largest absolute Gasteiger partial charge is 0.433 e.